The van der Waals surface area contributed by atoms with Gasteiger partial charge in [-0.25, -0.2) is 4.99 Å². The number of allylic oxidation sites excluding steroid dienone is 3. The fraction of sp³-hybridized carbons (Fsp3) is 0.203. The van der Waals surface area contributed by atoms with Crippen LogP contribution in [0, 0.1) is 0 Å². The third-order valence-electron chi connectivity index (χ3n) is 15.0. The summed E-state index contributed by atoms with van der Waals surface area (Å²) in [6, 6.07) is 54.3. The molecule has 3 N–H and O–H groups in total. The lowest BCUT2D eigenvalue weighted by Gasteiger charge is -2.39. The van der Waals surface area contributed by atoms with Crippen LogP contribution in [0.1, 0.15) is 127 Å². The van der Waals surface area contributed by atoms with Crippen molar-refractivity contribution in [3.05, 3.63) is 266 Å². The Kier molecular flexibility index (Phi) is 16.2. The molecule has 0 bridgehead atoms. The molecule has 370 valence electrons. The van der Waals surface area contributed by atoms with Crippen molar-refractivity contribution in [3.8, 4) is 0 Å². The van der Waals surface area contributed by atoms with Gasteiger partial charge in [0.15, 0.2) is 5.84 Å². The summed E-state index contributed by atoms with van der Waals surface area (Å²) in [7, 11) is 0. The van der Waals surface area contributed by atoms with E-state index in [1.807, 2.05) is 19.1 Å². The van der Waals surface area contributed by atoms with Gasteiger partial charge in [-0.05, 0) is 148 Å². The van der Waals surface area contributed by atoms with Crippen LogP contribution in [0.2, 0.25) is 0 Å². The van der Waals surface area contributed by atoms with Crippen molar-refractivity contribution in [1.29, 1.82) is 0 Å². The van der Waals surface area contributed by atoms with Crippen LogP contribution >= 0.6 is 0 Å². The van der Waals surface area contributed by atoms with Gasteiger partial charge < -0.3 is 11.1 Å². The minimum atomic E-state index is -0.182. The molecule has 5 nitrogen and oxygen atoms in total. The molecule has 0 radical (unpaired) electrons. The fourth-order valence-corrected chi connectivity index (χ4v) is 10.7. The van der Waals surface area contributed by atoms with E-state index < -0.39 is 0 Å². The van der Waals surface area contributed by atoms with Gasteiger partial charge in [-0.15, -0.1) is 0 Å². The Balaban J connectivity index is 1.01. The number of nitrogens with one attached hydrogen (secondary N) is 1. The van der Waals surface area contributed by atoms with Gasteiger partial charge in [0.2, 0.25) is 0 Å². The molecule has 0 heterocycles. The first-order chi connectivity index (χ1) is 36.1. The Bertz CT molecular complexity index is 3480. The van der Waals surface area contributed by atoms with Gasteiger partial charge in [-0.3, -0.25) is 9.98 Å². The number of aliphatic imine (C=N–C) groups is 3. The molecule has 1 saturated carbocycles. The first kappa shape index (κ1) is 50.8. The minimum absolute atomic E-state index is 0.139. The standard InChI is InChI=1S/C69H69N5/c1-7-19-59-45-63(31-28-53(59)9-3)68(72-46-51-26-27-54-21-12-15-24-61(54)43-51)74-67(70)57-34-38-65(39-35-57)69(40-17-10-18-41-69)64-36-32-56(33-37-64)66(73-50(6)58-30-29-55-22-13-16-25-62(55)44-58)47-71-49(5)48(4)42-60-23-14-11-20-52(60)8-2/h7-9,11,13-16,19-20,22-39,42-45,66,71H,3-5,10,12,17-18,21,40-41,46-47H2,1-2,6H3,(H2,70,72,74)/b19-7-,52-8-,60-42-,73-50?. The number of fused-ring (bicyclic) bond motifs is 2. The molecule has 7 aromatic rings. The molecule has 1 atom stereocenters. The summed E-state index contributed by atoms with van der Waals surface area (Å²) in [5, 5.41) is 8.32. The Morgan fingerprint density at radius 3 is 2.18 bits per heavy atom. The SMILES string of the molecule is C=Cc1ccc(C(N=C(N)c2ccc(C3(c4ccc(C(CNC(=C)C(=C)/C=c5/cccc/c5=C/C)N=C(C)c5ccc6ccccc6c5)cc4)CCCCC3)cc2)=NCc2ccc3c(c2)C=CCC3)cc1/C=C\C. The van der Waals surface area contributed by atoms with Crippen molar-refractivity contribution < 1.29 is 0 Å². The second-order valence-corrected chi connectivity index (χ2v) is 19.7. The Morgan fingerprint density at radius 1 is 0.730 bits per heavy atom. The number of hydrogen-bond acceptors (Lipinski definition) is 3. The van der Waals surface area contributed by atoms with Crippen LogP contribution < -0.4 is 21.5 Å². The maximum Gasteiger partial charge on any atom is 0.157 e. The third-order valence-corrected chi connectivity index (χ3v) is 15.0. The number of aryl methyl sites for hydroxylation is 1. The van der Waals surface area contributed by atoms with Gasteiger partial charge in [0.05, 0.1) is 12.6 Å². The molecule has 1 unspecified atom stereocenters. The molecule has 5 heteroatoms. The number of rotatable bonds is 16. The average molecular weight is 968 g/mol. The number of hydrogen-bond donors (Lipinski definition) is 2. The second kappa shape index (κ2) is 23.6. The Labute approximate surface area is 439 Å². The van der Waals surface area contributed by atoms with Crippen LogP contribution in [-0.4, -0.2) is 23.9 Å². The molecular weight excluding hydrogens is 899 g/mol. The van der Waals surface area contributed by atoms with Crippen LogP contribution in [0.15, 0.2) is 210 Å². The van der Waals surface area contributed by atoms with E-state index in [9.17, 15) is 0 Å². The normalized spacial score (nSPS) is 15.8. The molecule has 0 aliphatic heterocycles. The van der Waals surface area contributed by atoms with Crippen molar-refractivity contribution in [1.82, 2.24) is 5.32 Å². The fourth-order valence-electron chi connectivity index (χ4n) is 10.7. The summed E-state index contributed by atoms with van der Waals surface area (Å²) in [4.78, 5) is 15.7. The van der Waals surface area contributed by atoms with Gasteiger partial charge in [0, 0.05) is 34.5 Å². The largest absolute Gasteiger partial charge is 0.383 e. The van der Waals surface area contributed by atoms with Crippen LogP contribution in [0.4, 0.5) is 0 Å². The van der Waals surface area contributed by atoms with Crippen molar-refractivity contribution in [2.24, 2.45) is 20.7 Å². The first-order valence-corrected chi connectivity index (χ1v) is 26.3. The minimum Gasteiger partial charge on any atom is -0.383 e. The molecule has 0 aromatic heterocycles. The third kappa shape index (κ3) is 11.7. The summed E-state index contributed by atoms with van der Waals surface area (Å²) in [6.07, 6.45) is 22.6. The van der Waals surface area contributed by atoms with Crippen molar-refractivity contribution >= 4 is 58.5 Å². The summed E-state index contributed by atoms with van der Waals surface area (Å²) >= 11 is 0. The van der Waals surface area contributed by atoms with Crippen molar-refractivity contribution in [2.75, 3.05) is 6.54 Å². The highest BCUT2D eigenvalue weighted by Gasteiger charge is 2.36. The smallest absolute Gasteiger partial charge is 0.157 e. The number of nitrogens with zero attached hydrogens (tertiary/aromatic N) is 3. The molecule has 9 rings (SSSR count). The predicted octanol–water partition coefficient (Wildman–Crippen LogP) is 14.6. The number of nitrogens with two attached hydrogens (primary N) is 1. The molecule has 2 aliphatic carbocycles. The monoisotopic (exact) mass is 968 g/mol. The van der Waals surface area contributed by atoms with E-state index in [2.05, 4.69) is 221 Å². The van der Waals surface area contributed by atoms with Gasteiger partial charge in [0.25, 0.3) is 0 Å². The average Bonchev–Trinajstić information content (AvgIpc) is 3.46. The molecule has 0 spiro atoms. The molecule has 74 heavy (non-hydrogen) atoms. The maximum absolute atomic E-state index is 6.97. The van der Waals surface area contributed by atoms with E-state index in [1.165, 1.54) is 52.3 Å². The Hall–Kier alpha value is -8.15. The predicted molar refractivity (Wildman–Crippen MR) is 318 cm³/mol. The summed E-state index contributed by atoms with van der Waals surface area (Å²) < 4.78 is 0. The van der Waals surface area contributed by atoms with Crippen LogP contribution in [0.25, 0.3) is 41.2 Å². The molecule has 2 aliphatic rings. The lowest BCUT2D eigenvalue weighted by Crippen LogP contribution is -2.30. The second-order valence-electron chi connectivity index (χ2n) is 19.7. The first-order valence-electron chi connectivity index (χ1n) is 26.3. The van der Waals surface area contributed by atoms with Crippen LogP contribution in [0.3, 0.4) is 0 Å². The van der Waals surface area contributed by atoms with Gasteiger partial charge in [-0.1, -0.05) is 209 Å². The zero-order chi connectivity index (χ0) is 51.4. The van der Waals surface area contributed by atoms with E-state index in [0.717, 1.165) is 92.0 Å². The molecule has 0 amide bonds. The number of amidine groups is 2. The lowest BCUT2D eigenvalue weighted by molar-refractivity contribution is 0.346. The quantitative estimate of drug-likeness (QED) is 0.0575. The van der Waals surface area contributed by atoms with Crippen LogP contribution in [-0.2, 0) is 18.4 Å². The van der Waals surface area contributed by atoms with E-state index in [-0.39, 0.29) is 11.5 Å². The zero-order valence-electron chi connectivity index (χ0n) is 43.5. The lowest BCUT2D eigenvalue weighted by atomic mass is 9.65. The molecule has 7 aromatic carbocycles. The Morgan fingerprint density at radius 2 is 1.43 bits per heavy atom. The van der Waals surface area contributed by atoms with Crippen LogP contribution in [0.5, 0.6) is 0 Å². The van der Waals surface area contributed by atoms with Crippen molar-refractivity contribution in [2.45, 2.75) is 83.7 Å². The highest BCUT2D eigenvalue weighted by atomic mass is 15.0. The van der Waals surface area contributed by atoms with E-state index >= 15 is 0 Å². The topological polar surface area (TPSA) is 75.1 Å². The van der Waals surface area contributed by atoms with E-state index in [0.29, 0.717) is 24.8 Å². The number of benzene rings is 7. The maximum atomic E-state index is 6.97. The highest BCUT2D eigenvalue weighted by Crippen LogP contribution is 2.45. The summed E-state index contributed by atoms with van der Waals surface area (Å²) in [6.45, 7) is 20.1. The molecule has 1 fully saturated rings. The molecule has 0 saturated heterocycles. The summed E-state index contributed by atoms with van der Waals surface area (Å²) in [5.74, 6) is 1.03. The zero-order valence-corrected chi connectivity index (χ0v) is 43.5. The van der Waals surface area contributed by atoms with Gasteiger partial charge in [-0.2, -0.15) is 0 Å². The highest BCUT2D eigenvalue weighted by molar-refractivity contribution is 6.11. The summed E-state index contributed by atoms with van der Waals surface area (Å²) in [5.41, 5.74) is 22.0. The molecular formula is C69H69N5. The van der Waals surface area contributed by atoms with E-state index in [1.54, 1.807) is 0 Å². The van der Waals surface area contributed by atoms with Crippen molar-refractivity contribution in [3.63, 3.8) is 0 Å². The van der Waals surface area contributed by atoms with E-state index in [4.69, 9.17) is 20.7 Å². The van der Waals surface area contributed by atoms with Gasteiger partial charge >= 0.3 is 0 Å². The van der Waals surface area contributed by atoms with Gasteiger partial charge in [0.1, 0.15) is 5.84 Å².